The van der Waals surface area contributed by atoms with Crippen molar-refractivity contribution >= 4 is 12.4 Å². The van der Waals surface area contributed by atoms with Gasteiger partial charge in [0.1, 0.15) is 0 Å². The molecule has 1 N–H and O–H groups in total. The number of nitrogens with zero attached hydrogens (tertiary/aromatic N) is 1. The van der Waals surface area contributed by atoms with Gasteiger partial charge in [0.05, 0.1) is 12.2 Å². The first kappa shape index (κ1) is 10.3. The molecule has 2 rings (SSSR count). The Morgan fingerprint density at radius 2 is 2.33 bits per heavy atom. The highest BCUT2D eigenvalue weighted by atomic mass is 35.5. The molecule has 0 amide bonds. The molecule has 2 fully saturated rings. The molecule has 0 saturated carbocycles. The Labute approximate surface area is 79.9 Å². The van der Waals surface area contributed by atoms with E-state index in [1.165, 1.54) is 13.0 Å². The van der Waals surface area contributed by atoms with E-state index >= 15 is 0 Å². The first-order chi connectivity index (χ1) is 5.31. The van der Waals surface area contributed by atoms with Gasteiger partial charge in [-0.05, 0) is 13.5 Å². The van der Waals surface area contributed by atoms with Crippen LogP contribution in [-0.4, -0.2) is 50.3 Å². The van der Waals surface area contributed by atoms with Gasteiger partial charge in [-0.2, -0.15) is 0 Å². The molecule has 4 heteroatoms. The van der Waals surface area contributed by atoms with Crippen LogP contribution in [0.5, 0.6) is 0 Å². The molecule has 0 bridgehead atoms. The Kier molecular flexibility index (Phi) is 3.35. The number of halogens is 1. The molecular formula is C8H17ClN2O. The molecule has 0 radical (unpaired) electrons. The van der Waals surface area contributed by atoms with E-state index < -0.39 is 0 Å². The second kappa shape index (κ2) is 3.92. The molecule has 12 heavy (non-hydrogen) atoms. The first-order valence-electron chi connectivity index (χ1n) is 4.34. The monoisotopic (exact) mass is 192 g/mol. The van der Waals surface area contributed by atoms with E-state index in [1.807, 2.05) is 0 Å². The highest BCUT2D eigenvalue weighted by Gasteiger charge is 2.38. The van der Waals surface area contributed by atoms with Crippen molar-refractivity contribution in [3.8, 4) is 0 Å². The lowest BCUT2D eigenvalue weighted by molar-refractivity contribution is -0.0560. The molecule has 2 aliphatic rings. The SMILES string of the molecule is CN1CCC2(CNCCO2)C1.Cl. The minimum Gasteiger partial charge on any atom is -0.371 e. The summed E-state index contributed by atoms with van der Waals surface area (Å²) in [6.45, 7) is 5.22. The zero-order valence-corrected chi connectivity index (χ0v) is 8.32. The molecule has 72 valence electrons. The second-order valence-electron chi connectivity index (χ2n) is 3.70. The number of likely N-dealkylation sites (N-methyl/N-ethyl adjacent to an activating group) is 1. The summed E-state index contributed by atoms with van der Waals surface area (Å²) in [5, 5.41) is 3.39. The van der Waals surface area contributed by atoms with Crippen LogP contribution in [0.2, 0.25) is 0 Å². The van der Waals surface area contributed by atoms with E-state index in [2.05, 4.69) is 17.3 Å². The fourth-order valence-corrected chi connectivity index (χ4v) is 2.01. The third-order valence-corrected chi connectivity index (χ3v) is 2.64. The van der Waals surface area contributed by atoms with Crippen LogP contribution in [0.25, 0.3) is 0 Å². The summed E-state index contributed by atoms with van der Waals surface area (Å²) in [5.41, 5.74) is 0.160. The molecule has 0 aromatic rings. The van der Waals surface area contributed by atoms with Gasteiger partial charge in [0, 0.05) is 26.2 Å². The van der Waals surface area contributed by atoms with Crippen LogP contribution in [0.3, 0.4) is 0 Å². The summed E-state index contributed by atoms with van der Waals surface area (Å²) in [6.07, 6.45) is 1.19. The fourth-order valence-electron chi connectivity index (χ4n) is 2.01. The summed E-state index contributed by atoms with van der Waals surface area (Å²) in [7, 11) is 2.16. The van der Waals surface area contributed by atoms with Crippen molar-refractivity contribution in [1.29, 1.82) is 0 Å². The summed E-state index contributed by atoms with van der Waals surface area (Å²) >= 11 is 0. The zero-order valence-electron chi connectivity index (χ0n) is 7.51. The van der Waals surface area contributed by atoms with E-state index in [0.717, 1.165) is 26.2 Å². The predicted molar refractivity (Wildman–Crippen MR) is 50.9 cm³/mol. The molecule has 3 nitrogen and oxygen atoms in total. The Bertz CT molecular complexity index is 142. The lowest BCUT2D eigenvalue weighted by Gasteiger charge is -2.33. The number of nitrogens with one attached hydrogen (secondary N) is 1. The average Bonchev–Trinajstić information content (AvgIpc) is 2.34. The molecule has 0 aromatic heterocycles. The lowest BCUT2D eigenvalue weighted by Crippen LogP contribution is -2.51. The van der Waals surface area contributed by atoms with E-state index in [4.69, 9.17) is 4.74 Å². The molecule has 1 spiro atoms. The largest absolute Gasteiger partial charge is 0.371 e. The molecule has 0 aromatic carbocycles. The van der Waals surface area contributed by atoms with Crippen molar-refractivity contribution in [1.82, 2.24) is 10.2 Å². The van der Waals surface area contributed by atoms with Gasteiger partial charge in [0.2, 0.25) is 0 Å². The fraction of sp³-hybridized carbons (Fsp3) is 1.00. The van der Waals surface area contributed by atoms with Gasteiger partial charge in [-0.3, -0.25) is 0 Å². The Morgan fingerprint density at radius 1 is 1.50 bits per heavy atom. The normalized spacial score (nSPS) is 36.8. The van der Waals surface area contributed by atoms with Crippen LogP contribution in [0.15, 0.2) is 0 Å². The molecule has 1 atom stereocenters. The van der Waals surface area contributed by atoms with Crippen LogP contribution in [0.4, 0.5) is 0 Å². The van der Waals surface area contributed by atoms with E-state index in [9.17, 15) is 0 Å². The maximum atomic E-state index is 5.79. The van der Waals surface area contributed by atoms with E-state index in [1.54, 1.807) is 0 Å². The van der Waals surface area contributed by atoms with Crippen LogP contribution in [0, 0.1) is 0 Å². The summed E-state index contributed by atoms with van der Waals surface area (Å²) in [4.78, 5) is 2.34. The number of likely N-dealkylation sites (tertiary alicyclic amines) is 1. The highest BCUT2D eigenvalue weighted by molar-refractivity contribution is 5.85. The third kappa shape index (κ3) is 1.91. The van der Waals surface area contributed by atoms with Gasteiger partial charge < -0.3 is 15.0 Å². The Morgan fingerprint density at radius 3 is 2.83 bits per heavy atom. The van der Waals surface area contributed by atoms with Crippen molar-refractivity contribution in [2.45, 2.75) is 12.0 Å². The number of ether oxygens (including phenoxy) is 1. The topological polar surface area (TPSA) is 24.5 Å². The lowest BCUT2D eigenvalue weighted by atomic mass is 10.0. The number of morpholine rings is 1. The van der Waals surface area contributed by atoms with Gasteiger partial charge in [-0.15, -0.1) is 12.4 Å². The van der Waals surface area contributed by atoms with Crippen LogP contribution < -0.4 is 5.32 Å². The van der Waals surface area contributed by atoms with Gasteiger partial charge >= 0.3 is 0 Å². The summed E-state index contributed by atoms with van der Waals surface area (Å²) < 4.78 is 5.79. The molecule has 2 aliphatic heterocycles. The quantitative estimate of drug-likeness (QED) is 0.590. The Balaban J connectivity index is 0.000000720. The molecule has 0 aliphatic carbocycles. The number of hydrogen-bond donors (Lipinski definition) is 1. The minimum atomic E-state index is 0. The zero-order chi connectivity index (χ0) is 7.73. The van der Waals surface area contributed by atoms with Crippen molar-refractivity contribution in [3.63, 3.8) is 0 Å². The van der Waals surface area contributed by atoms with Crippen LogP contribution in [0.1, 0.15) is 6.42 Å². The van der Waals surface area contributed by atoms with Crippen molar-refractivity contribution in [3.05, 3.63) is 0 Å². The smallest absolute Gasteiger partial charge is 0.0944 e. The number of hydrogen-bond acceptors (Lipinski definition) is 3. The van der Waals surface area contributed by atoms with Gasteiger partial charge in [0.25, 0.3) is 0 Å². The molecule has 2 saturated heterocycles. The first-order valence-corrected chi connectivity index (χ1v) is 4.34. The van der Waals surface area contributed by atoms with Crippen LogP contribution in [-0.2, 0) is 4.74 Å². The van der Waals surface area contributed by atoms with Crippen molar-refractivity contribution < 1.29 is 4.74 Å². The Hall–Kier alpha value is 0.170. The maximum absolute atomic E-state index is 5.79. The maximum Gasteiger partial charge on any atom is 0.0944 e. The number of rotatable bonds is 0. The molecule has 2 heterocycles. The standard InChI is InChI=1S/C8H16N2O.ClH/c1-10-4-2-8(7-10)6-9-3-5-11-8;/h9H,2-7H2,1H3;1H. The van der Waals surface area contributed by atoms with Crippen molar-refractivity contribution in [2.75, 3.05) is 39.8 Å². The minimum absolute atomic E-state index is 0. The summed E-state index contributed by atoms with van der Waals surface area (Å²) in [6, 6.07) is 0. The van der Waals surface area contributed by atoms with E-state index in [-0.39, 0.29) is 18.0 Å². The third-order valence-electron chi connectivity index (χ3n) is 2.64. The van der Waals surface area contributed by atoms with E-state index in [0.29, 0.717) is 0 Å². The van der Waals surface area contributed by atoms with Gasteiger partial charge in [0.15, 0.2) is 0 Å². The molecule has 1 unspecified atom stereocenters. The second-order valence-corrected chi connectivity index (χ2v) is 3.70. The van der Waals surface area contributed by atoms with Gasteiger partial charge in [-0.1, -0.05) is 0 Å². The van der Waals surface area contributed by atoms with Crippen molar-refractivity contribution in [2.24, 2.45) is 0 Å². The predicted octanol–water partition coefficient (Wildman–Crippen LogP) is 0.102. The summed E-state index contributed by atoms with van der Waals surface area (Å²) in [5.74, 6) is 0. The van der Waals surface area contributed by atoms with Gasteiger partial charge in [-0.25, -0.2) is 0 Å². The van der Waals surface area contributed by atoms with Crippen LogP contribution >= 0.6 is 12.4 Å². The molecular weight excluding hydrogens is 176 g/mol. The average molecular weight is 193 g/mol. The highest BCUT2D eigenvalue weighted by Crippen LogP contribution is 2.24.